The molecule has 0 amide bonds. The average Bonchev–Trinajstić information content (AvgIpc) is 2.63. The van der Waals surface area contributed by atoms with Crippen LogP contribution in [0.4, 0.5) is 5.82 Å². The number of nitrogens with zero attached hydrogens (tertiary/aromatic N) is 3. The third-order valence-corrected chi connectivity index (χ3v) is 4.00. The summed E-state index contributed by atoms with van der Waals surface area (Å²) in [6.45, 7) is 10.3. The zero-order valence-electron chi connectivity index (χ0n) is 13.0. The second-order valence-electron chi connectivity index (χ2n) is 6.16. The van der Waals surface area contributed by atoms with Crippen LogP contribution in [0.1, 0.15) is 31.5 Å². The first kappa shape index (κ1) is 14.8. The van der Waals surface area contributed by atoms with Crippen molar-refractivity contribution in [3.8, 4) is 0 Å². The molecule has 0 aromatic carbocycles. The summed E-state index contributed by atoms with van der Waals surface area (Å²) in [4.78, 5) is 8.53. The Kier molecular flexibility index (Phi) is 3.99. The predicted octanol–water partition coefficient (Wildman–Crippen LogP) is 2.69. The smallest absolute Gasteiger partial charge is 0.145 e. The Hall–Kier alpha value is -1.62. The molecule has 0 aliphatic rings. The predicted molar refractivity (Wildman–Crippen MR) is 81.7 cm³/mol. The molecule has 0 aliphatic heterocycles. The number of fused-ring (bicyclic) bond motifs is 1. The molecule has 2 rings (SSSR count). The van der Waals surface area contributed by atoms with Gasteiger partial charge in [0.15, 0.2) is 0 Å². The molecular formula is C15H24N4O. The highest BCUT2D eigenvalue weighted by molar-refractivity contribution is 5.90. The Labute approximate surface area is 120 Å². The maximum absolute atomic E-state index is 6.00. The van der Waals surface area contributed by atoms with Crippen molar-refractivity contribution in [1.29, 1.82) is 0 Å². The van der Waals surface area contributed by atoms with Crippen molar-refractivity contribution in [1.82, 2.24) is 14.5 Å². The minimum absolute atomic E-state index is 0.138. The van der Waals surface area contributed by atoms with Gasteiger partial charge in [-0.1, -0.05) is 13.8 Å². The van der Waals surface area contributed by atoms with Crippen LogP contribution in [0.3, 0.4) is 0 Å². The Morgan fingerprint density at radius 3 is 2.65 bits per heavy atom. The fraction of sp³-hybridized carbons (Fsp3) is 0.600. The molecule has 0 spiro atoms. The van der Waals surface area contributed by atoms with E-state index in [2.05, 4.69) is 42.2 Å². The van der Waals surface area contributed by atoms with Gasteiger partial charge in [0.1, 0.15) is 17.8 Å². The van der Waals surface area contributed by atoms with E-state index in [1.165, 1.54) is 17.6 Å². The van der Waals surface area contributed by atoms with Gasteiger partial charge in [-0.3, -0.25) is 0 Å². The minimum Gasteiger partial charge on any atom is -0.385 e. The molecule has 110 valence electrons. The van der Waals surface area contributed by atoms with Crippen molar-refractivity contribution in [2.45, 2.75) is 40.7 Å². The van der Waals surface area contributed by atoms with Crippen LogP contribution in [0, 0.1) is 19.3 Å². The topological polar surface area (TPSA) is 66.0 Å². The minimum atomic E-state index is 0.138. The second-order valence-corrected chi connectivity index (χ2v) is 6.16. The molecule has 0 unspecified atom stereocenters. The number of ether oxygens (including phenoxy) is 1. The lowest BCUT2D eigenvalue weighted by molar-refractivity contribution is 0.143. The van der Waals surface area contributed by atoms with Crippen molar-refractivity contribution in [2.75, 3.05) is 19.5 Å². The van der Waals surface area contributed by atoms with Crippen LogP contribution in [0.2, 0.25) is 0 Å². The molecule has 0 saturated heterocycles. The summed E-state index contributed by atoms with van der Waals surface area (Å²) in [6, 6.07) is 0. The normalized spacial score (nSPS) is 12.2. The monoisotopic (exact) mass is 276 g/mol. The number of hydrogen-bond acceptors (Lipinski definition) is 4. The van der Waals surface area contributed by atoms with Gasteiger partial charge in [-0.25, -0.2) is 9.97 Å². The average molecular weight is 276 g/mol. The van der Waals surface area contributed by atoms with Gasteiger partial charge in [0.2, 0.25) is 0 Å². The van der Waals surface area contributed by atoms with Crippen LogP contribution in [-0.4, -0.2) is 28.3 Å². The number of nitrogens with two attached hydrogens (primary N) is 1. The first-order valence-electron chi connectivity index (χ1n) is 6.92. The zero-order valence-corrected chi connectivity index (χ0v) is 13.0. The number of anilines is 1. The van der Waals surface area contributed by atoms with Gasteiger partial charge in [0.25, 0.3) is 0 Å². The fourth-order valence-corrected chi connectivity index (χ4v) is 2.57. The van der Waals surface area contributed by atoms with E-state index in [1.54, 1.807) is 7.11 Å². The Bertz CT molecular complexity index is 616. The summed E-state index contributed by atoms with van der Waals surface area (Å²) in [5.74, 6) is 0.559. The van der Waals surface area contributed by atoms with Crippen molar-refractivity contribution in [2.24, 2.45) is 5.41 Å². The highest BCUT2D eigenvalue weighted by Crippen LogP contribution is 2.31. The van der Waals surface area contributed by atoms with Gasteiger partial charge in [-0.2, -0.15) is 0 Å². The van der Waals surface area contributed by atoms with Crippen molar-refractivity contribution in [3.05, 3.63) is 17.6 Å². The van der Waals surface area contributed by atoms with E-state index >= 15 is 0 Å². The van der Waals surface area contributed by atoms with E-state index < -0.39 is 0 Å². The number of aryl methyl sites for hydroxylation is 1. The lowest BCUT2D eigenvalue weighted by Crippen LogP contribution is -2.22. The molecule has 2 N–H and O–H groups in total. The van der Waals surface area contributed by atoms with Gasteiger partial charge < -0.3 is 15.0 Å². The molecule has 5 heteroatoms. The number of methoxy groups -OCH3 is 1. The molecule has 20 heavy (non-hydrogen) atoms. The molecule has 2 heterocycles. The lowest BCUT2D eigenvalue weighted by atomic mass is 9.89. The Morgan fingerprint density at radius 2 is 2.00 bits per heavy atom. The highest BCUT2D eigenvalue weighted by Gasteiger charge is 2.23. The van der Waals surface area contributed by atoms with E-state index in [4.69, 9.17) is 10.5 Å². The maximum Gasteiger partial charge on any atom is 0.145 e. The number of hydrogen-bond donors (Lipinski definition) is 1. The van der Waals surface area contributed by atoms with Gasteiger partial charge >= 0.3 is 0 Å². The Balaban J connectivity index is 2.45. The van der Waals surface area contributed by atoms with E-state index in [-0.39, 0.29) is 5.41 Å². The van der Waals surface area contributed by atoms with E-state index in [9.17, 15) is 0 Å². The molecule has 2 aromatic heterocycles. The summed E-state index contributed by atoms with van der Waals surface area (Å²) >= 11 is 0. The van der Waals surface area contributed by atoms with E-state index in [0.29, 0.717) is 5.82 Å². The van der Waals surface area contributed by atoms with Gasteiger partial charge in [-0.15, -0.1) is 0 Å². The number of aromatic nitrogens is 3. The second kappa shape index (κ2) is 5.40. The molecule has 5 nitrogen and oxygen atoms in total. The Morgan fingerprint density at radius 1 is 1.30 bits per heavy atom. The van der Waals surface area contributed by atoms with Crippen LogP contribution in [-0.2, 0) is 11.3 Å². The zero-order chi connectivity index (χ0) is 14.9. The lowest BCUT2D eigenvalue weighted by Gasteiger charge is -2.26. The van der Waals surface area contributed by atoms with Crippen molar-refractivity contribution < 1.29 is 4.74 Å². The maximum atomic E-state index is 6.00. The molecule has 0 saturated carbocycles. The van der Waals surface area contributed by atoms with Crippen molar-refractivity contribution in [3.63, 3.8) is 0 Å². The molecule has 0 atom stereocenters. The molecule has 2 aromatic rings. The molecule has 0 bridgehead atoms. The van der Waals surface area contributed by atoms with E-state index in [1.807, 2.05) is 0 Å². The van der Waals surface area contributed by atoms with Gasteiger partial charge in [0, 0.05) is 26.0 Å². The SMILES string of the molecule is COCCC(C)(C)Cn1c(C)c(C)c2c(N)ncnc21. The van der Waals surface area contributed by atoms with Crippen molar-refractivity contribution >= 4 is 16.9 Å². The van der Waals surface area contributed by atoms with Crippen LogP contribution < -0.4 is 5.73 Å². The molecule has 0 aliphatic carbocycles. The third-order valence-electron chi connectivity index (χ3n) is 4.00. The van der Waals surface area contributed by atoms with Crippen LogP contribution >= 0.6 is 0 Å². The summed E-state index contributed by atoms with van der Waals surface area (Å²) in [5, 5.41) is 0.979. The molecule has 0 fully saturated rings. The van der Waals surface area contributed by atoms with Crippen LogP contribution in [0.15, 0.2) is 6.33 Å². The van der Waals surface area contributed by atoms with Gasteiger partial charge in [-0.05, 0) is 31.2 Å². The van der Waals surface area contributed by atoms with Gasteiger partial charge in [0.05, 0.1) is 5.39 Å². The summed E-state index contributed by atoms with van der Waals surface area (Å²) in [7, 11) is 1.74. The first-order valence-corrected chi connectivity index (χ1v) is 6.92. The summed E-state index contributed by atoms with van der Waals surface area (Å²) < 4.78 is 7.45. The highest BCUT2D eigenvalue weighted by atomic mass is 16.5. The molecule has 0 radical (unpaired) electrons. The van der Waals surface area contributed by atoms with E-state index in [0.717, 1.165) is 30.6 Å². The summed E-state index contributed by atoms with van der Waals surface area (Å²) in [6.07, 6.45) is 2.54. The van der Waals surface area contributed by atoms with Crippen LogP contribution in [0.5, 0.6) is 0 Å². The quantitative estimate of drug-likeness (QED) is 0.911. The fourth-order valence-electron chi connectivity index (χ4n) is 2.57. The number of rotatable bonds is 5. The van der Waals surface area contributed by atoms with Crippen LogP contribution in [0.25, 0.3) is 11.0 Å². The molecular weight excluding hydrogens is 252 g/mol. The third kappa shape index (κ3) is 2.63. The first-order chi connectivity index (χ1) is 9.37. The summed E-state index contributed by atoms with van der Waals surface area (Å²) in [5.41, 5.74) is 9.44. The standard InChI is InChI=1S/C15H24N4O/c1-10-11(2)19(8-15(3,4)6-7-20-5)14-12(10)13(16)17-9-18-14/h9H,6-8H2,1-5H3,(H2,16,17,18). The largest absolute Gasteiger partial charge is 0.385 e. The number of nitrogen functional groups attached to an aromatic ring is 1.